The Balaban J connectivity index is 2.09. The summed E-state index contributed by atoms with van der Waals surface area (Å²) in [7, 11) is 0. The lowest BCUT2D eigenvalue weighted by Crippen LogP contribution is -1.89. The molecule has 2 aromatic carbocycles. The summed E-state index contributed by atoms with van der Waals surface area (Å²) in [5, 5.41) is 0.740. The van der Waals surface area contributed by atoms with Crippen molar-refractivity contribution in [3.05, 3.63) is 77.4 Å². The number of rotatable bonds is 2. The molecule has 1 heterocycles. The molecule has 0 atom stereocenters. The first-order valence-electron chi connectivity index (χ1n) is 6.52. The fourth-order valence-electron chi connectivity index (χ4n) is 2.23. The van der Waals surface area contributed by atoms with E-state index < -0.39 is 0 Å². The van der Waals surface area contributed by atoms with Gasteiger partial charge < -0.3 is 0 Å². The van der Waals surface area contributed by atoms with Gasteiger partial charge in [-0.1, -0.05) is 54.1 Å². The van der Waals surface area contributed by atoms with E-state index in [9.17, 15) is 0 Å². The predicted octanol–water partition coefficient (Wildman–Crippen LogP) is 5.38. The Labute approximate surface area is 123 Å². The summed E-state index contributed by atoms with van der Waals surface area (Å²) < 4.78 is 0. The van der Waals surface area contributed by atoms with Gasteiger partial charge in [-0.25, -0.2) is 0 Å². The average Bonchev–Trinajstić information content (AvgIpc) is 2.48. The molecule has 0 unspecified atom stereocenters. The van der Waals surface area contributed by atoms with E-state index >= 15 is 0 Å². The van der Waals surface area contributed by atoms with Crippen molar-refractivity contribution in [2.24, 2.45) is 0 Å². The molecule has 0 N–H and O–H groups in total. The van der Waals surface area contributed by atoms with E-state index in [0.29, 0.717) is 0 Å². The largest absolute Gasteiger partial charge is 0.253 e. The average molecular weight is 280 g/mol. The van der Waals surface area contributed by atoms with Gasteiger partial charge in [-0.3, -0.25) is 4.98 Å². The van der Waals surface area contributed by atoms with Gasteiger partial charge in [-0.2, -0.15) is 0 Å². The van der Waals surface area contributed by atoms with Crippen LogP contribution in [-0.4, -0.2) is 4.98 Å². The van der Waals surface area contributed by atoms with Crippen LogP contribution in [0.4, 0.5) is 0 Å². The van der Waals surface area contributed by atoms with Crippen LogP contribution in [0.15, 0.2) is 66.7 Å². The van der Waals surface area contributed by atoms with Crippen molar-refractivity contribution in [1.82, 2.24) is 4.98 Å². The standard InChI is InChI=1S/C18H14ClN/c1-13-11-16(14-5-3-2-4-6-14)12-18(20-13)15-7-9-17(19)10-8-15/h2-12H,1H3. The highest BCUT2D eigenvalue weighted by Gasteiger charge is 2.05. The second-order valence-corrected chi connectivity index (χ2v) is 5.19. The van der Waals surface area contributed by atoms with Crippen molar-refractivity contribution >= 4 is 11.6 Å². The molecule has 2 heteroatoms. The molecular formula is C18H14ClN. The molecule has 1 nitrogen and oxygen atoms in total. The molecule has 0 aliphatic heterocycles. The van der Waals surface area contributed by atoms with Gasteiger partial charge in [-0.15, -0.1) is 0 Å². The van der Waals surface area contributed by atoms with Crippen LogP contribution in [0.3, 0.4) is 0 Å². The zero-order chi connectivity index (χ0) is 13.9. The van der Waals surface area contributed by atoms with Gasteiger partial charge in [0.1, 0.15) is 0 Å². The minimum atomic E-state index is 0.740. The summed E-state index contributed by atoms with van der Waals surface area (Å²) in [6.45, 7) is 2.02. The Kier molecular flexibility index (Phi) is 3.53. The Bertz CT molecular complexity index is 718. The van der Waals surface area contributed by atoms with Gasteiger partial charge in [-0.05, 0) is 42.3 Å². The normalized spacial score (nSPS) is 10.5. The lowest BCUT2D eigenvalue weighted by atomic mass is 10.0. The highest BCUT2D eigenvalue weighted by atomic mass is 35.5. The first-order valence-corrected chi connectivity index (χ1v) is 6.90. The maximum atomic E-state index is 5.94. The lowest BCUT2D eigenvalue weighted by Gasteiger charge is -2.07. The zero-order valence-corrected chi connectivity index (χ0v) is 11.9. The topological polar surface area (TPSA) is 12.9 Å². The van der Waals surface area contributed by atoms with Gasteiger partial charge >= 0.3 is 0 Å². The van der Waals surface area contributed by atoms with Crippen LogP contribution in [-0.2, 0) is 0 Å². The number of aryl methyl sites for hydroxylation is 1. The first-order chi connectivity index (χ1) is 9.72. The molecule has 3 rings (SSSR count). The monoisotopic (exact) mass is 279 g/mol. The highest BCUT2D eigenvalue weighted by Crippen LogP contribution is 2.26. The summed E-state index contributed by atoms with van der Waals surface area (Å²) in [5.41, 5.74) is 5.45. The predicted molar refractivity (Wildman–Crippen MR) is 84.9 cm³/mol. The molecule has 0 aliphatic rings. The van der Waals surface area contributed by atoms with E-state index in [-0.39, 0.29) is 0 Å². The quantitative estimate of drug-likeness (QED) is 0.614. The molecule has 0 saturated heterocycles. The molecule has 0 bridgehead atoms. The van der Waals surface area contributed by atoms with E-state index in [1.807, 2.05) is 49.4 Å². The summed E-state index contributed by atoms with van der Waals surface area (Å²) in [4.78, 5) is 4.62. The fraction of sp³-hybridized carbons (Fsp3) is 0.0556. The maximum Gasteiger partial charge on any atom is 0.0711 e. The summed E-state index contributed by atoms with van der Waals surface area (Å²) >= 11 is 5.94. The second kappa shape index (κ2) is 5.48. The molecule has 0 radical (unpaired) electrons. The van der Waals surface area contributed by atoms with E-state index in [4.69, 9.17) is 11.6 Å². The number of halogens is 1. The fourth-order valence-corrected chi connectivity index (χ4v) is 2.36. The molecule has 0 saturated carbocycles. The van der Waals surface area contributed by atoms with Gasteiger partial charge in [0.2, 0.25) is 0 Å². The molecular weight excluding hydrogens is 266 g/mol. The lowest BCUT2D eigenvalue weighted by molar-refractivity contribution is 1.21. The van der Waals surface area contributed by atoms with Gasteiger partial charge in [0.05, 0.1) is 5.69 Å². The Morgan fingerprint density at radius 2 is 1.45 bits per heavy atom. The molecule has 0 spiro atoms. The number of hydrogen-bond acceptors (Lipinski definition) is 1. The van der Waals surface area contributed by atoms with Crippen LogP contribution < -0.4 is 0 Å². The SMILES string of the molecule is Cc1cc(-c2ccccc2)cc(-c2ccc(Cl)cc2)n1. The van der Waals surface area contributed by atoms with Crippen LogP contribution >= 0.6 is 11.6 Å². The third kappa shape index (κ3) is 2.73. The molecule has 0 amide bonds. The van der Waals surface area contributed by atoms with Crippen LogP contribution in [0.2, 0.25) is 5.02 Å². The smallest absolute Gasteiger partial charge is 0.0711 e. The number of benzene rings is 2. The maximum absolute atomic E-state index is 5.94. The summed E-state index contributed by atoms with van der Waals surface area (Å²) in [6.07, 6.45) is 0. The molecule has 98 valence electrons. The Morgan fingerprint density at radius 3 is 2.15 bits per heavy atom. The van der Waals surface area contributed by atoms with E-state index in [1.165, 1.54) is 11.1 Å². The van der Waals surface area contributed by atoms with Crippen molar-refractivity contribution in [3.8, 4) is 22.4 Å². The van der Waals surface area contributed by atoms with Crippen molar-refractivity contribution in [2.75, 3.05) is 0 Å². The van der Waals surface area contributed by atoms with Gasteiger partial charge in [0, 0.05) is 16.3 Å². The second-order valence-electron chi connectivity index (χ2n) is 4.76. The summed E-state index contributed by atoms with van der Waals surface area (Å²) in [6, 6.07) is 22.4. The van der Waals surface area contributed by atoms with E-state index in [2.05, 4.69) is 29.2 Å². The van der Waals surface area contributed by atoms with Gasteiger partial charge in [0.25, 0.3) is 0 Å². The number of nitrogens with zero attached hydrogens (tertiary/aromatic N) is 1. The molecule has 20 heavy (non-hydrogen) atoms. The van der Waals surface area contributed by atoms with Crippen LogP contribution in [0.5, 0.6) is 0 Å². The minimum Gasteiger partial charge on any atom is -0.253 e. The summed E-state index contributed by atoms with van der Waals surface area (Å²) in [5.74, 6) is 0. The van der Waals surface area contributed by atoms with Crippen molar-refractivity contribution in [3.63, 3.8) is 0 Å². The van der Waals surface area contributed by atoms with Crippen LogP contribution in [0.1, 0.15) is 5.69 Å². The molecule has 3 aromatic rings. The molecule has 0 aliphatic carbocycles. The highest BCUT2D eigenvalue weighted by molar-refractivity contribution is 6.30. The van der Waals surface area contributed by atoms with Crippen molar-refractivity contribution < 1.29 is 0 Å². The number of pyridine rings is 1. The third-order valence-electron chi connectivity index (χ3n) is 3.20. The number of hydrogen-bond donors (Lipinski definition) is 0. The minimum absolute atomic E-state index is 0.740. The van der Waals surface area contributed by atoms with Crippen LogP contribution in [0.25, 0.3) is 22.4 Å². The molecule has 0 fully saturated rings. The first kappa shape index (κ1) is 12.9. The Morgan fingerprint density at radius 1 is 0.750 bits per heavy atom. The zero-order valence-electron chi connectivity index (χ0n) is 11.2. The van der Waals surface area contributed by atoms with E-state index in [0.717, 1.165) is 22.0 Å². The van der Waals surface area contributed by atoms with Gasteiger partial charge in [0.15, 0.2) is 0 Å². The van der Waals surface area contributed by atoms with E-state index in [1.54, 1.807) is 0 Å². The van der Waals surface area contributed by atoms with Crippen molar-refractivity contribution in [2.45, 2.75) is 6.92 Å². The Hall–Kier alpha value is -2.12. The van der Waals surface area contributed by atoms with Crippen LogP contribution in [0, 0.1) is 6.92 Å². The third-order valence-corrected chi connectivity index (χ3v) is 3.45. The molecule has 1 aromatic heterocycles. The number of aromatic nitrogens is 1. The van der Waals surface area contributed by atoms with Crippen molar-refractivity contribution in [1.29, 1.82) is 0 Å².